The third-order valence-electron chi connectivity index (χ3n) is 2.78. The van der Waals surface area contributed by atoms with Crippen LogP contribution in [0.25, 0.3) is 11.0 Å². The van der Waals surface area contributed by atoms with Gasteiger partial charge in [0, 0.05) is 0 Å². The molecule has 0 spiro atoms. The van der Waals surface area contributed by atoms with E-state index in [4.69, 9.17) is 0 Å². The van der Waals surface area contributed by atoms with Gasteiger partial charge in [0.15, 0.2) is 0 Å². The van der Waals surface area contributed by atoms with Gasteiger partial charge in [0.25, 0.3) is 0 Å². The van der Waals surface area contributed by atoms with Crippen molar-refractivity contribution in [3.63, 3.8) is 0 Å². The molecule has 0 aliphatic rings. The van der Waals surface area contributed by atoms with E-state index in [0.29, 0.717) is 0 Å². The lowest BCUT2D eigenvalue weighted by Gasteiger charge is -2.04. The fourth-order valence-corrected chi connectivity index (χ4v) is 1.83. The molecule has 0 aliphatic carbocycles. The predicted octanol–water partition coefficient (Wildman–Crippen LogP) is 2.46. The van der Waals surface area contributed by atoms with E-state index in [9.17, 15) is 0 Å². The minimum absolute atomic E-state index is 0.261. The first-order valence-electron chi connectivity index (χ1n) is 5.26. The van der Waals surface area contributed by atoms with E-state index in [2.05, 4.69) is 48.2 Å². The zero-order valence-corrected chi connectivity index (χ0v) is 9.68. The maximum absolute atomic E-state index is 4.61. The van der Waals surface area contributed by atoms with Crippen molar-refractivity contribution in [2.75, 3.05) is 7.05 Å². The molecule has 2 aromatic rings. The molecule has 0 fully saturated rings. The molecular formula is C12H17N3. The number of hydrogen-bond donors (Lipinski definition) is 2. The van der Waals surface area contributed by atoms with Crippen LogP contribution in [0.15, 0.2) is 12.1 Å². The second-order valence-electron chi connectivity index (χ2n) is 4.11. The second kappa shape index (κ2) is 3.66. The molecule has 1 heterocycles. The third kappa shape index (κ3) is 1.75. The minimum Gasteiger partial charge on any atom is -0.341 e. The molecule has 1 atom stereocenters. The molecule has 2 rings (SSSR count). The summed E-state index contributed by atoms with van der Waals surface area (Å²) in [6, 6.07) is 4.56. The summed E-state index contributed by atoms with van der Waals surface area (Å²) in [6.45, 7) is 6.30. The second-order valence-corrected chi connectivity index (χ2v) is 4.11. The maximum atomic E-state index is 4.61. The number of aromatic nitrogens is 2. The van der Waals surface area contributed by atoms with Crippen LogP contribution in [-0.4, -0.2) is 17.0 Å². The molecule has 0 bridgehead atoms. The summed E-state index contributed by atoms with van der Waals surface area (Å²) in [5, 5.41) is 3.18. The number of rotatable bonds is 2. The van der Waals surface area contributed by atoms with Crippen molar-refractivity contribution in [1.82, 2.24) is 15.3 Å². The molecule has 0 aliphatic heterocycles. The molecule has 3 nitrogen and oxygen atoms in total. The zero-order valence-electron chi connectivity index (χ0n) is 9.68. The Labute approximate surface area is 89.9 Å². The highest BCUT2D eigenvalue weighted by atomic mass is 15.0. The molecular weight excluding hydrogens is 186 g/mol. The summed E-state index contributed by atoms with van der Waals surface area (Å²) >= 11 is 0. The van der Waals surface area contributed by atoms with Crippen LogP contribution in [0.3, 0.4) is 0 Å². The van der Waals surface area contributed by atoms with E-state index in [-0.39, 0.29) is 6.04 Å². The number of nitrogens with zero attached hydrogens (tertiary/aromatic N) is 1. The molecule has 15 heavy (non-hydrogen) atoms. The summed E-state index contributed by atoms with van der Waals surface area (Å²) < 4.78 is 0. The van der Waals surface area contributed by atoms with E-state index >= 15 is 0 Å². The standard InChI is InChI=1S/C12H17N3/c1-7-5-8(2)11-10(6-7)14-12(15-11)9(3)13-4/h5-6,9,13H,1-4H3,(H,14,15). The highest BCUT2D eigenvalue weighted by Crippen LogP contribution is 2.20. The molecule has 1 unspecified atom stereocenters. The Bertz CT molecular complexity index is 485. The van der Waals surface area contributed by atoms with Gasteiger partial charge >= 0.3 is 0 Å². The smallest absolute Gasteiger partial charge is 0.124 e. The first-order chi connectivity index (χ1) is 7.11. The van der Waals surface area contributed by atoms with Crippen molar-refractivity contribution in [3.8, 4) is 0 Å². The minimum atomic E-state index is 0.261. The zero-order chi connectivity index (χ0) is 11.0. The van der Waals surface area contributed by atoms with Crippen LogP contribution in [0.2, 0.25) is 0 Å². The summed E-state index contributed by atoms with van der Waals surface area (Å²) in [6.07, 6.45) is 0. The van der Waals surface area contributed by atoms with Crippen LogP contribution in [0.5, 0.6) is 0 Å². The molecule has 1 aromatic heterocycles. The van der Waals surface area contributed by atoms with E-state index in [0.717, 1.165) is 16.9 Å². The van der Waals surface area contributed by atoms with Gasteiger partial charge in [0.05, 0.1) is 17.1 Å². The number of aryl methyl sites for hydroxylation is 2. The van der Waals surface area contributed by atoms with E-state index in [1.807, 2.05) is 7.05 Å². The SMILES string of the molecule is CNC(C)c1nc2c(C)cc(C)cc2[nH]1. The van der Waals surface area contributed by atoms with Crippen LogP contribution in [0.1, 0.15) is 29.9 Å². The lowest BCUT2D eigenvalue weighted by atomic mass is 10.1. The summed E-state index contributed by atoms with van der Waals surface area (Å²) in [5.74, 6) is 1.00. The first kappa shape index (κ1) is 10.2. The number of H-pyrrole nitrogens is 1. The first-order valence-corrected chi connectivity index (χ1v) is 5.26. The van der Waals surface area contributed by atoms with Crippen LogP contribution in [0.4, 0.5) is 0 Å². The van der Waals surface area contributed by atoms with Crippen LogP contribution < -0.4 is 5.32 Å². The fraction of sp³-hybridized carbons (Fsp3) is 0.417. The maximum Gasteiger partial charge on any atom is 0.124 e. The molecule has 80 valence electrons. The third-order valence-corrected chi connectivity index (χ3v) is 2.78. The topological polar surface area (TPSA) is 40.7 Å². The monoisotopic (exact) mass is 203 g/mol. The largest absolute Gasteiger partial charge is 0.341 e. The van der Waals surface area contributed by atoms with Gasteiger partial charge in [-0.05, 0) is 45.0 Å². The molecule has 0 amide bonds. The van der Waals surface area contributed by atoms with Gasteiger partial charge in [-0.15, -0.1) is 0 Å². The Hall–Kier alpha value is -1.35. The van der Waals surface area contributed by atoms with Crippen molar-refractivity contribution in [2.24, 2.45) is 0 Å². The Balaban J connectivity index is 2.60. The fourth-order valence-electron chi connectivity index (χ4n) is 1.83. The van der Waals surface area contributed by atoms with Gasteiger partial charge in [-0.2, -0.15) is 0 Å². The van der Waals surface area contributed by atoms with Gasteiger partial charge in [0.1, 0.15) is 5.82 Å². The van der Waals surface area contributed by atoms with Crippen molar-refractivity contribution in [2.45, 2.75) is 26.8 Å². The number of imidazole rings is 1. The highest BCUT2D eigenvalue weighted by molar-refractivity contribution is 5.79. The van der Waals surface area contributed by atoms with Crippen LogP contribution >= 0.6 is 0 Å². The lowest BCUT2D eigenvalue weighted by Crippen LogP contribution is -2.13. The molecule has 2 N–H and O–H groups in total. The quantitative estimate of drug-likeness (QED) is 0.787. The lowest BCUT2D eigenvalue weighted by molar-refractivity contribution is 0.620. The molecule has 0 saturated heterocycles. The number of hydrogen-bond acceptors (Lipinski definition) is 2. The molecule has 1 aromatic carbocycles. The van der Waals surface area contributed by atoms with E-state index in [1.165, 1.54) is 11.1 Å². The Morgan fingerprint density at radius 1 is 1.33 bits per heavy atom. The van der Waals surface area contributed by atoms with E-state index in [1.54, 1.807) is 0 Å². The van der Waals surface area contributed by atoms with Crippen molar-refractivity contribution in [1.29, 1.82) is 0 Å². The van der Waals surface area contributed by atoms with Crippen molar-refractivity contribution in [3.05, 3.63) is 29.1 Å². The van der Waals surface area contributed by atoms with Crippen molar-refractivity contribution < 1.29 is 0 Å². The number of aromatic amines is 1. The van der Waals surface area contributed by atoms with E-state index < -0.39 is 0 Å². The van der Waals surface area contributed by atoms with Crippen LogP contribution in [0, 0.1) is 13.8 Å². The van der Waals surface area contributed by atoms with Gasteiger partial charge in [-0.3, -0.25) is 0 Å². The average molecular weight is 203 g/mol. The van der Waals surface area contributed by atoms with Gasteiger partial charge in [0.2, 0.25) is 0 Å². The molecule has 0 radical (unpaired) electrons. The Morgan fingerprint density at radius 2 is 2.07 bits per heavy atom. The van der Waals surface area contributed by atoms with Gasteiger partial charge in [-0.1, -0.05) is 6.07 Å². The summed E-state index contributed by atoms with van der Waals surface area (Å²) in [7, 11) is 1.94. The Kier molecular flexibility index (Phi) is 2.49. The predicted molar refractivity (Wildman–Crippen MR) is 63.0 cm³/mol. The molecule has 3 heteroatoms. The molecule has 0 saturated carbocycles. The average Bonchev–Trinajstić information content (AvgIpc) is 2.60. The number of nitrogens with one attached hydrogen (secondary N) is 2. The number of fused-ring (bicyclic) bond motifs is 1. The normalized spacial score (nSPS) is 13.3. The van der Waals surface area contributed by atoms with Crippen LogP contribution in [-0.2, 0) is 0 Å². The highest BCUT2D eigenvalue weighted by Gasteiger charge is 2.10. The number of benzene rings is 1. The van der Waals surface area contributed by atoms with Gasteiger partial charge < -0.3 is 10.3 Å². The van der Waals surface area contributed by atoms with Gasteiger partial charge in [-0.25, -0.2) is 4.98 Å². The Morgan fingerprint density at radius 3 is 2.73 bits per heavy atom. The summed E-state index contributed by atoms with van der Waals surface area (Å²) in [4.78, 5) is 7.96. The van der Waals surface area contributed by atoms with Crippen molar-refractivity contribution >= 4 is 11.0 Å². The summed E-state index contributed by atoms with van der Waals surface area (Å²) in [5.41, 5.74) is 4.71.